The van der Waals surface area contributed by atoms with Crippen LogP contribution in [0.1, 0.15) is 34.5 Å². The van der Waals surface area contributed by atoms with E-state index in [2.05, 4.69) is 10.3 Å². The predicted octanol–water partition coefficient (Wildman–Crippen LogP) is 2.82. The van der Waals surface area contributed by atoms with Gasteiger partial charge in [-0.05, 0) is 31.5 Å². The Balaban J connectivity index is 1.78. The molecule has 0 saturated heterocycles. The fourth-order valence-corrected chi connectivity index (χ4v) is 3.57. The molecule has 0 spiro atoms. The first-order chi connectivity index (χ1) is 14.4. The van der Waals surface area contributed by atoms with Crippen molar-refractivity contribution < 1.29 is 4.79 Å². The van der Waals surface area contributed by atoms with E-state index >= 15 is 0 Å². The van der Waals surface area contributed by atoms with Gasteiger partial charge in [0.25, 0.3) is 11.5 Å². The summed E-state index contributed by atoms with van der Waals surface area (Å²) in [5.74, 6) is -0.361. The third-order valence-electron chi connectivity index (χ3n) is 5.21. The van der Waals surface area contributed by atoms with Crippen LogP contribution in [-0.4, -0.2) is 20.0 Å². The van der Waals surface area contributed by atoms with Crippen LogP contribution in [0.4, 0.5) is 0 Å². The van der Waals surface area contributed by atoms with Crippen LogP contribution in [0.25, 0.3) is 16.7 Å². The fraction of sp³-hybridized carbons (Fsp3) is 0.174. The minimum atomic E-state index is -0.590. The molecule has 7 nitrogen and oxygen atoms in total. The highest BCUT2D eigenvalue weighted by Crippen LogP contribution is 2.18. The van der Waals surface area contributed by atoms with E-state index in [0.717, 1.165) is 15.7 Å². The van der Waals surface area contributed by atoms with E-state index in [1.807, 2.05) is 56.3 Å². The second kappa shape index (κ2) is 7.51. The molecule has 2 N–H and O–H groups in total. The van der Waals surface area contributed by atoms with Gasteiger partial charge in [0, 0.05) is 13.2 Å². The Bertz CT molecular complexity index is 1350. The number of H-pyrrole nitrogens is 1. The number of nitrogens with one attached hydrogen (secondary N) is 2. The van der Waals surface area contributed by atoms with Crippen LogP contribution in [0.5, 0.6) is 0 Å². The number of aryl methyl sites for hydroxylation is 2. The summed E-state index contributed by atoms with van der Waals surface area (Å²) in [4.78, 5) is 41.5. The Labute approximate surface area is 172 Å². The van der Waals surface area contributed by atoms with Crippen molar-refractivity contribution in [3.05, 3.63) is 98.3 Å². The number of hydrogen-bond donors (Lipinski definition) is 2. The number of carbonyl (C=O) groups excluding carboxylic acids is 1. The van der Waals surface area contributed by atoms with Crippen LogP contribution in [0.3, 0.4) is 0 Å². The summed E-state index contributed by atoms with van der Waals surface area (Å²) in [5, 5.41) is 2.93. The number of benzene rings is 2. The van der Waals surface area contributed by atoms with Crippen molar-refractivity contribution in [2.24, 2.45) is 7.05 Å². The van der Waals surface area contributed by atoms with E-state index in [-0.39, 0.29) is 28.5 Å². The zero-order chi connectivity index (χ0) is 21.4. The molecule has 4 aromatic rings. The molecule has 30 heavy (non-hydrogen) atoms. The Morgan fingerprint density at radius 3 is 2.37 bits per heavy atom. The molecule has 1 atom stereocenters. The molecular formula is C23H22N4O3. The van der Waals surface area contributed by atoms with Crippen LogP contribution in [0.2, 0.25) is 0 Å². The van der Waals surface area contributed by atoms with Crippen molar-refractivity contribution in [2.75, 3.05) is 0 Å². The first-order valence-corrected chi connectivity index (χ1v) is 9.64. The van der Waals surface area contributed by atoms with Gasteiger partial charge >= 0.3 is 5.69 Å². The predicted molar refractivity (Wildman–Crippen MR) is 116 cm³/mol. The van der Waals surface area contributed by atoms with Gasteiger partial charge in [0.1, 0.15) is 5.52 Å². The first-order valence-electron chi connectivity index (χ1n) is 9.64. The lowest BCUT2D eigenvalue weighted by molar-refractivity contribution is 0.0941. The van der Waals surface area contributed by atoms with Gasteiger partial charge in [-0.3, -0.25) is 9.59 Å². The van der Waals surface area contributed by atoms with Crippen LogP contribution in [0.15, 0.2) is 70.4 Å². The van der Waals surface area contributed by atoms with Crippen LogP contribution in [0, 0.1) is 6.92 Å². The van der Waals surface area contributed by atoms with Gasteiger partial charge in [-0.2, -0.15) is 0 Å². The Morgan fingerprint density at radius 1 is 1.03 bits per heavy atom. The normalized spacial score (nSPS) is 12.1. The fourth-order valence-electron chi connectivity index (χ4n) is 3.57. The topological polar surface area (TPSA) is 88.9 Å². The second-order valence-electron chi connectivity index (χ2n) is 7.39. The maximum absolute atomic E-state index is 13.1. The number of nitrogens with zero attached hydrogens (tertiary/aromatic N) is 2. The molecule has 1 amide bonds. The van der Waals surface area contributed by atoms with Gasteiger partial charge < -0.3 is 14.9 Å². The highest BCUT2D eigenvalue weighted by atomic mass is 16.2. The van der Waals surface area contributed by atoms with Crippen molar-refractivity contribution in [2.45, 2.75) is 19.9 Å². The van der Waals surface area contributed by atoms with Gasteiger partial charge in [0.15, 0.2) is 0 Å². The molecule has 7 heteroatoms. The van der Waals surface area contributed by atoms with Crippen molar-refractivity contribution in [3.8, 4) is 5.69 Å². The van der Waals surface area contributed by atoms with E-state index in [0.29, 0.717) is 5.69 Å². The molecule has 0 aliphatic carbocycles. The number of carbonyl (C=O) groups is 1. The highest BCUT2D eigenvalue weighted by Gasteiger charge is 2.21. The van der Waals surface area contributed by atoms with Crippen molar-refractivity contribution in [1.82, 2.24) is 19.4 Å². The van der Waals surface area contributed by atoms with Crippen molar-refractivity contribution in [1.29, 1.82) is 0 Å². The number of aromatic nitrogens is 3. The molecule has 0 bridgehead atoms. The molecule has 2 aromatic heterocycles. The third kappa shape index (κ3) is 3.34. The van der Waals surface area contributed by atoms with Crippen molar-refractivity contribution >= 4 is 16.9 Å². The largest absolute Gasteiger partial charge is 0.345 e. The third-order valence-corrected chi connectivity index (χ3v) is 5.21. The van der Waals surface area contributed by atoms with E-state index in [4.69, 9.17) is 0 Å². The van der Waals surface area contributed by atoms with E-state index in [9.17, 15) is 14.4 Å². The molecule has 0 fully saturated rings. The van der Waals surface area contributed by atoms with E-state index in [1.165, 1.54) is 0 Å². The number of aromatic amines is 1. The molecule has 0 radical (unpaired) electrons. The quantitative estimate of drug-likeness (QED) is 0.550. The van der Waals surface area contributed by atoms with Gasteiger partial charge in [0.2, 0.25) is 0 Å². The van der Waals surface area contributed by atoms with E-state index < -0.39 is 11.2 Å². The zero-order valence-corrected chi connectivity index (χ0v) is 17.0. The molecule has 2 heterocycles. The lowest BCUT2D eigenvalue weighted by Gasteiger charge is -2.13. The zero-order valence-electron chi connectivity index (χ0n) is 17.0. The summed E-state index contributed by atoms with van der Waals surface area (Å²) in [6.45, 7) is 3.81. The minimum absolute atomic E-state index is 0.228. The number of fused-ring (bicyclic) bond motifs is 1. The Kier molecular flexibility index (Phi) is 4.87. The highest BCUT2D eigenvalue weighted by molar-refractivity contribution is 6.05. The lowest BCUT2D eigenvalue weighted by atomic mass is 10.1. The summed E-state index contributed by atoms with van der Waals surface area (Å²) in [7, 11) is 1.68. The maximum atomic E-state index is 13.1. The average Bonchev–Trinajstić information content (AvgIpc) is 3.06. The molecule has 152 valence electrons. The minimum Gasteiger partial charge on any atom is -0.345 e. The summed E-state index contributed by atoms with van der Waals surface area (Å²) < 4.78 is 2.65. The van der Waals surface area contributed by atoms with E-state index in [1.54, 1.807) is 29.9 Å². The van der Waals surface area contributed by atoms with Crippen LogP contribution >= 0.6 is 0 Å². The maximum Gasteiger partial charge on any atom is 0.333 e. The molecule has 0 aliphatic rings. The molecule has 2 aromatic carbocycles. The van der Waals surface area contributed by atoms with Gasteiger partial charge in [-0.15, -0.1) is 0 Å². The summed E-state index contributed by atoms with van der Waals surface area (Å²) in [6.07, 6.45) is 1.56. The van der Waals surface area contributed by atoms with Gasteiger partial charge in [-0.25, -0.2) is 9.36 Å². The Morgan fingerprint density at radius 2 is 1.70 bits per heavy atom. The average molecular weight is 402 g/mol. The summed E-state index contributed by atoms with van der Waals surface area (Å²) in [5.41, 5.74) is 2.12. The first kappa shape index (κ1) is 19.4. The molecule has 0 unspecified atom stereocenters. The smallest absolute Gasteiger partial charge is 0.333 e. The van der Waals surface area contributed by atoms with Crippen LogP contribution in [-0.2, 0) is 7.05 Å². The second-order valence-corrected chi connectivity index (χ2v) is 7.39. The molecule has 0 aliphatic heterocycles. The summed E-state index contributed by atoms with van der Waals surface area (Å²) >= 11 is 0. The standard InChI is InChI=1S/C23H22N4O3/c1-14-9-11-17(12-10-14)27-22(29)20-19(25-23(27)30)18(13-26(20)3)21(28)24-15(2)16-7-5-4-6-8-16/h4-13,15H,1-3H3,(H,24,28)(H,25,30)/t15-/m1/s1. The number of amides is 1. The number of rotatable bonds is 4. The molecule has 4 rings (SSSR count). The van der Waals surface area contributed by atoms with Crippen LogP contribution < -0.4 is 16.6 Å². The molecule has 0 saturated carbocycles. The monoisotopic (exact) mass is 402 g/mol. The summed E-state index contributed by atoms with van der Waals surface area (Å²) in [6, 6.07) is 16.4. The van der Waals surface area contributed by atoms with Gasteiger partial charge in [-0.1, -0.05) is 48.0 Å². The number of hydrogen-bond acceptors (Lipinski definition) is 3. The lowest BCUT2D eigenvalue weighted by Crippen LogP contribution is -2.34. The SMILES string of the molecule is Cc1ccc(-n2c(=O)[nH]c3c(C(=O)N[C@H](C)c4ccccc4)cn(C)c3c2=O)cc1. The Hall–Kier alpha value is -3.87. The van der Waals surface area contributed by atoms with Crippen molar-refractivity contribution in [3.63, 3.8) is 0 Å². The van der Waals surface area contributed by atoms with Gasteiger partial charge in [0.05, 0.1) is 22.8 Å². The molecular weight excluding hydrogens is 380 g/mol.